The summed E-state index contributed by atoms with van der Waals surface area (Å²) in [6, 6.07) is 4.35. The lowest BCUT2D eigenvalue weighted by Crippen LogP contribution is -2.39. The van der Waals surface area contributed by atoms with Crippen LogP contribution in [-0.4, -0.2) is 16.1 Å². The van der Waals surface area contributed by atoms with E-state index in [1.807, 2.05) is 18.3 Å². The van der Waals surface area contributed by atoms with Crippen molar-refractivity contribution >= 4 is 17.3 Å². The number of thiocarbonyl (C=S) groups is 1. The predicted octanol–water partition coefficient (Wildman–Crippen LogP) is 1.84. The van der Waals surface area contributed by atoms with Crippen LogP contribution in [0.2, 0.25) is 0 Å². The van der Waals surface area contributed by atoms with Crippen molar-refractivity contribution in [1.29, 1.82) is 0 Å². The molecule has 0 aromatic carbocycles. The second-order valence-electron chi connectivity index (χ2n) is 3.50. The van der Waals surface area contributed by atoms with Crippen LogP contribution in [0.25, 0.3) is 0 Å². The minimum absolute atomic E-state index is 0.416. The number of rotatable bonds is 4. The summed E-state index contributed by atoms with van der Waals surface area (Å²) >= 11 is 5.15. The van der Waals surface area contributed by atoms with Crippen molar-refractivity contribution in [1.82, 2.24) is 15.6 Å². The van der Waals surface area contributed by atoms with Gasteiger partial charge in [-0.2, -0.15) is 0 Å². The summed E-state index contributed by atoms with van der Waals surface area (Å²) in [5, 5.41) is 7.05. The van der Waals surface area contributed by atoms with Gasteiger partial charge in [-0.25, -0.2) is 0 Å². The van der Waals surface area contributed by atoms with E-state index in [1.165, 1.54) is 0 Å². The molecule has 0 radical (unpaired) electrons. The van der Waals surface area contributed by atoms with E-state index in [9.17, 15) is 0 Å². The van der Waals surface area contributed by atoms with Gasteiger partial charge in [0.25, 0.3) is 0 Å². The molecule has 0 saturated heterocycles. The largest absolute Gasteiger partial charge is 0.360 e. The zero-order valence-corrected chi connectivity index (χ0v) is 9.97. The molecule has 1 aromatic rings. The Morgan fingerprint density at radius 2 is 2.40 bits per heavy atom. The summed E-state index contributed by atoms with van der Waals surface area (Å²) in [7, 11) is 0. The first-order valence-corrected chi connectivity index (χ1v) is 5.56. The Labute approximate surface area is 96.3 Å². The minimum atomic E-state index is 0.416. The molecule has 0 fully saturated rings. The van der Waals surface area contributed by atoms with E-state index in [4.69, 9.17) is 12.2 Å². The van der Waals surface area contributed by atoms with Gasteiger partial charge in [-0.05, 0) is 37.2 Å². The van der Waals surface area contributed by atoms with E-state index in [0.29, 0.717) is 11.2 Å². The SMILES string of the molecule is CCC(C)NC(=S)NCc1cccnc1. The summed E-state index contributed by atoms with van der Waals surface area (Å²) in [6.07, 6.45) is 4.66. The Morgan fingerprint density at radius 3 is 3.00 bits per heavy atom. The van der Waals surface area contributed by atoms with Gasteiger partial charge in [-0.1, -0.05) is 13.0 Å². The fourth-order valence-corrected chi connectivity index (χ4v) is 1.34. The third-order valence-corrected chi connectivity index (χ3v) is 2.43. The number of nitrogens with one attached hydrogen (secondary N) is 2. The van der Waals surface area contributed by atoms with E-state index in [-0.39, 0.29) is 0 Å². The lowest BCUT2D eigenvalue weighted by Gasteiger charge is -2.15. The normalized spacial score (nSPS) is 11.9. The molecule has 0 spiro atoms. The van der Waals surface area contributed by atoms with Gasteiger partial charge in [-0.3, -0.25) is 4.98 Å². The lowest BCUT2D eigenvalue weighted by atomic mass is 10.3. The Morgan fingerprint density at radius 1 is 1.60 bits per heavy atom. The topological polar surface area (TPSA) is 37.0 Å². The molecule has 0 bridgehead atoms. The van der Waals surface area contributed by atoms with Gasteiger partial charge in [0, 0.05) is 25.0 Å². The van der Waals surface area contributed by atoms with Crippen LogP contribution in [0.1, 0.15) is 25.8 Å². The fourth-order valence-electron chi connectivity index (χ4n) is 1.06. The van der Waals surface area contributed by atoms with E-state index in [0.717, 1.165) is 18.5 Å². The van der Waals surface area contributed by atoms with Crippen LogP contribution in [0.4, 0.5) is 0 Å². The number of aromatic nitrogens is 1. The number of pyridine rings is 1. The number of hydrogen-bond acceptors (Lipinski definition) is 2. The van der Waals surface area contributed by atoms with Gasteiger partial charge >= 0.3 is 0 Å². The zero-order valence-electron chi connectivity index (χ0n) is 9.16. The molecule has 0 aliphatic heterocycles. The van der Waals surface area contributed by atoms with Crippen molar-refractivity contribution in [2.45, 2.75) is 32.9 Å². The summed E-state index contributed by atoms with van der Waals surface area (Å²) < 4.78 is 0. The summed E-state index contributed by atoms with van der Waals surface area (Å²) in [6.45, 7) is 4.95. The summed E-state index contributed by atoms with van der Waals surface area (Å²) in [5.41, 5.74) is 1.13. The Hall–Kier alpha value is -1.16. The van der Waals surface area contributed by atoms with Gasteiger partial charge in [0.1, 0.15) is 0 Å². The number of nitrogens with zero attached hydrogens (tertiary/aromatic N) is 1. The molecule has 1 unspecified atom stereocenters. The molecule has 3 nitrogen and oxygen atoms in total. The molecule has 0 saturated carbocycles. The van der Waals surface area contributed by atoms with Crippen molar-refractivity contribution in [2.75, 3.05) is 0 Å². The second-order valence-corrected chi connectivity index (χ2v) is 3.91. The Balaban J connectivity index is 2.29. The highest BCUT2D eigenvalue weighted by Crippen LogP contribution is 1.94. The van der Waals surface area contributed by atoms with Gasteiger partial charge in [-0.15, -0.1) is 0 Å². The Kier molecular flexibility index (Phi) is 5.04. The molecule has 82 valence electrons. The van der Waals surface area contributed by atoms with Crippen LogP contribution in [0.15, 0.2) is 24.5 Å². The second kappa shape index (κ2) is 6.35. The molecule has 1 aromatic heterocycles. The maximum atomic E-state index is 5.15. The maximum Gasteiger partial charge on any atom is 0.166 e. The fraction of sp³-hybridized carbons (Fsp3) is 0.455. The lowest BCUT2D eigenvalue weighted by molar-refractivity contribution is 0.632. The standard InChI is InChI=1S/C11H17N3S/c1-3-9(2)14-11(15)13-8-10-5-4-6-12-7-10/h4-7,9H,3,8H2,1-2H3,(H2,13,14,15). The monoisotopic (exact) mass is 223 g/mol. The summed E-state index contributed by atoms with van der Waals surface area (Å²) in [4.78, 5) is 4.04. The first-order valence-electron chi connectivity index (χ1n) is 5.15. The molecule has 4 heteroatoms. The van der Waals surface area contributed by atoms with E-state index in [2.05, 4.69) is 29.5 Å². The van der Waals surface area contributed by atoms with E-state index < -0.39 is 0 Å². The molecule has 1 rings (SSSR count). The predicted molar refractivity (Wildman–Crippen MR) is 66.6 cm³/mol. The highest BCUT2D eigenvalue weighted by atomic mass is 32.1. The van der Waals surface area contributed by atoms with Crippen molar-refractivity contribution in [3.63, 3.8) is 0 Å². The van der Waals surface area contributed by atoms with Crippen molar-refractivity contribution in [3.8, 4) is 0 Å². The average molecular weight is 223 g/mol. The van der Waals surface area contributed by atoms with Crippen LogP contribution < -0.4 is 10.6 Å². The Bertz CT molecular complexity index is 300. The molecular formula is C11H17N3S. The maximum absolute atomic E-state index is 5.15. The molecule has 15 heavy (non-hydrogen) atoms. The molecule has 0 aliphatic rings. The first kappa shape index (κ1) is 11.9. The van der Waals surface area contributed by atoms with Crippen LogP contribution in [0.5, 0.6) is 0 Å². The minimum Gasteiger partial charge on any atom is -0.360 e. The van der Waals surface area contributed by atoms with E-state index in [1.54, 1.807) is 6.20 Å². The highest BCUT2D eigenvalue weighted by molar-refractivity contribution is 7.80. The molecule has 0 amide bonds. The van der Waals surface area contributed by atoms with E-state index >= 15 is 0 Å². The van der Waals surface area contributed by atoms with Crippen LogP contribution in [0, 0.1) is 0 Å². The van der Waals surface area contributed by atoms with Gasteiger partial charge < -0.3 is 10.6 Å². The van der Waals surface area contributed by atoms with Crippen LogP contribution >= 0.6 is 12.2 Å². The van der Waals surface area contributed by atoms with Gasteiger partial charge in [0.05, 0.1) is 0 Å². The van der Waals surface area contributed by atoms with Crippen molar-refractivity contribution < 1.29 is 0 Å². The van der Waals surface area contributed by atoms with Crippen LogP contribution in [0.3, 0.4) is 0 Å². The first-order chi connectivity index (χ1) is 7.22. The number of hydrogen-bond donors (Lipinski definition) is 2. The molecule has 1 heterocycles. The molecule has 2 N–H and O–H groups in total. The third kappa shape index (κ3) is 4.74. The van der Waals surface area contributed by atoms with Gasteiger partial charge in [0.15, 0.2) is 5.11 Å². The molecule has 0 aliphatic carbocycles. The van der Waals surface area contributed by atoms with Crippen molar-refractivity contribution in [3.05, 3.63) is 30.1 Å². The van der Waals surface area contributed by atoms with Gasteiger partial charge in [0.2, 0.25) is 0 Å². The quantitative estimate of drug-likeness (QED) is 0.764. The average Bonchev–Trinajstić information content (AvgIpc) is 2.27. The highest BCUT2D eigenvalue weighted by Gasteiger charge is 2.00. The third-order valence-electron chi connectivity index (χ3n) is 2.17. The zero-order chi connectivity index (χ0) is 11.1. The summed E-state index contributed by atoms with van der Waals surface area (Å²) in [5.74, 6) is 0. The molecular weight excluding hydrogens is 206 g/mol. The van der Waals surface area contributed by atoms with Crippen LogP contribution in [-0.2, 0) is 6.54 Å². The van der Waals surface area contributed by atoms with Crippen molar-refractivity contribution in [2.24, 2.45) is 0 Å². The smallest absolute Gasteiger partial charge is 0.166 e. The molecule has 1 atom stereocenters.